The van der Waals surface area contributed by atoms with Gasteiger partial charge in [-0.05, 0) is 50.8 Å². The van der Waals surface area contributed by atoms with Gasteiger partial charge >= 0.3 is 11.8 Å². The summed E-state index contributed by atoms with van der Waals surface area (Å²) in [7, 11) is 3.68. The Labute approximate surface area is 139 Å². The predicted octanol–water partition coefficient (Wildman–Crippen LogP) is 2.08. The number of anilines is 1. The van der Waals surface area contributed by atoms with Gasteiger partial charge in [0.05, 0.1) is 12.3 Å². The van der Waals surface area contributed by atoms with Crippen molar-refractivity contribution in [2.45, 2.75) is 13.0 Å². The molecule has 0 saturated carbocycles. The zero-order valence-corrected chi connectivity index (χ0v) is 13.8. The molecule has 0 aliphatic rings. The second-order valence-corrected chi connectivity index (χ2v) is 5.62. The van der Waals surface area contributed by atoms with Gasteiger partial charge in [-0.1, -0.05) is 6.07 Å². The van der Waals surface area contributed by atoms with E-state index in [-0.39, 0.29) is 18.3 Å². The first kappa shape index (κ1) is 17.7. The molecule has 1 unspecified atom stereocenters. The van der Waals surface area contributed by atoms with E-state index in [2.05, 4.69) is 10.6 Å². The van der Waals surface area contributed by atoms with Gasteiger partial charge in [-0.2, -0.15) is 0 Å². The second-order valence-electron chi connectivity index (χ2n) is 5.62. The van der Waals surface area contributed by atoms with Crippen molar-refractivity contribution in [1.82, 2.24) is 10.2 Å². The number of aryl methyl sites for hydroxylation is 1. The fourth-order valence-corrected chi connectivity index (χ4v) is 2.15. The Bertz CT molecular complexity index is 714. The number of nitrogens with zero attached hydrogens (tertiary/aromatic N) is 1. The van der Waals surface area contributed by atoms with E-state index in [9.17, 15) is 14.0 Å². The van der Waals surface area contributed by atoms with Crippen molar-refractivity contribution in [2.24, 2.45) is 0 Å². The SMILES string of the molecule is Cc1ccc(NC(=O)C(=O)NCC(c2ccco2)N(C)C)cc1F. The van der Waals surface area contributed by atoms with Crippen LogP contribution in [0, 0.1) is 12.7 Å². The first-order valence-electron chi connectivity index (χ1n) is 7.43. The Morgan fingerprint density at radius 1 is 1.25 bits per heavy atom. The smallest absolute Gasteiger partial charge is 0.313 e. The molecule has 2 N–H and O–H groups in total. The molecular formula is C17H20FN3O3. The van der Waals surface area contributed by atoms with Crippen molar-refractivity contribution in [3.05, 3.63) is 53.7 Å². The van der Waals surface area contributed by atoms with Gasteiger partial charge in [0.2, 0.25) is 0 Å². The molecule has 2 rings (SSSR count). The molecule has 24 heavy (non-hydrogen) atoms. The summed E-state index contributed by atoms with van der Waals surface area (Å²) in [6, 6.07) is 7.59. The summed E-state index contributed by atoms with van der Waals surface area (Å²) >= 11 is 0. The van der Waals surface area contributed by atoms with Gasteiger partial charge in [0.1, 0.15) is 11.6 Å². The summed E-state index contributed by atoms with van der Waals surface area (Å²) < 4.78 is 18.8. The molecule has 0 bridgehead atoms. The van der Waals surface area contributed by atoms with Crippen LogP contribution in [-0.4, -0.2) is 37.4 Å². The van der Waals surface area contributed by atoms with E-state index in [4.69, 9.17) is 4.42 Å². The molecule has 0 fully saturated rings. The quantitative estimate of drug-likeness (QED) is 0.822. The van der Waals surface area contributed by atoms with Crippen molar-refractivity contribution in [2.75, 3.05) is 26.0 Å². The fraction of sp³-hybridized carbons (Fsp3) is 0.294. The van der Waals surface area contributed by atoms with Crippen molar-refractivity contribution in [3.8, 4) is 0 Å². The highest BCUT2D eigenvalue weighted by Crippen LogP contribution is 2.17. The lowest BCUT2D eigenvalue weighted by Gasteiger charge is -2.22. The average Bonchev–Trinajstić information content (AvgIpc) is 3.04. The third kappa shape index (κ3) is 4.42. The lowest BCUT2D eigenvalue weighted by Crippen LogP contribution is -2.40. The Kier molecular flexibility index (Phi) is 5.70. The van der Waals surface area contributed by atoms with Crippen LogP contribution in [0.25, 0.3) is 0 Å². The lowest BCUT2D eigenvalue weighted by molar-refractivity contribution is -0.136. The van der Waals surface area contributed by atoms with Crippen LogP contribution in [-0.2, 0) is 9.59 Å². The second kappa shape index (κ2) is 7.74. The van der Waals surface area contributed by atoms with Gasteiger partial charge in [-0.25, -0.2) is 4.39 Å². The molecular weight excluding hydrogens is 313 g/mol. The number of halogens is 1. The van der Waals surface area contributed by atoms with Crippen LogP contribution < -0.4 is 10.6 Å². The Hall–Kier alpha value is -2.67. The number of carbonyl (C=O) groups is 2. The predicted molar refractivity (Wildman–Crippen MR) is 87.9 cm³/mol. The van der Waals surface area contributed by atoms with Crippen LogP contribution in [0.15, 0.2) is 41.0 Å². The first-order valence-corrected chi connectivity index (χ1v) is 7.43. The van der Waals surface area contributed by atoms with Crippen LogP contribution in [0.5, 0.6) is 0 Å². The molecule has 0 radical (unpaired) electrons. The molecule has 0 aliphatic heterocycles. The van der Waals surface area contributed by atoms with Gasteiger partial charge in [0.25, 0.3) is 0 Å². The highest BCUT2D eigenvalue weighted by Gasteiger charge is 2.20. The molecule has 1 aromatic carbocycles. The number of nitrogens with one attached hydrogen (secondary N) is 2. The highest BCUT2D eigenvalue weighted by molar-refractivity contribution is 6.39. The number of furan rings is 1. The van der Waals surface area contributed by atoms with Gasteiger partial charge in [-0.3, -0.25) is 14.5 Å². The Morgan fingerprint density at radius 3 is 2.58 bits per heavy atom. The Balaban J connectivity index is 1.93. The van der Waals surface area contributed by atoms with Crippen LogP contribution >= 0.6 is 0 Å². The minimum atomic E-state index is -0.852. The number of amides is 2. The zero-order valence-electron chi connectivity index (χ0n) is 13.8. The molecule has 7 heteroatoms. The highest BCUT2D eigenvalue weighted by atomic mass is 19.1. The van der Waals surface area contributed by atoms with E-state index < -0.39 is 17.6 Å². The van der Waals surface area contributed by atoms with Gasteiger partial charge < -0.3 is 15.1 Å². The van der Waals surface area contributed by atoms with Crippen molar-refractivity contribution >= 4 is 17.5 Å². The summed E-state index contributed by atoms with van der Waals surface area (Å²) in [5, 5.41) is 4.92. The van der Waals surface area contributed by atoms with Crippen LogP contribution in [0.1, 0.15) is 17.4 Å². The van der Waals surface area contributed by atoms with Crippen LogP contribution in [0.3, 0.4) is 0 Å². The van der Waals surface area contributed by atoms with E-state index in [1.54, 1.807) is 25.3 Å². The van der Waals surface area contributed by atoms with Gasteiger partial charge in [0, 0.05) is 12.2 Å². The third-order valence-electron chi connectivity index (χ3n) is 3.59. The average molecular weight is 333 g/mol. The lowest BCUT2D eigenvalue weighted by atomic mass is 10.2. The van der Waals surface area contributed by atoms with E-state index in [1.807, 2.05) is 19.0 Å². The third-order valence-corrected chi connectivity index (χ3v) is 3.59. The van der Waals surface area contributed by atoms with Crippen molar-refractivity contribution in [1.29, 1.82) is 0 Å². The van der Waals surface area contributed by atoms with E-state index in [1.165, 1.54) is 18.2 Å². The molecule has 2 amide bonds. The van der Waals surface area contributed by atoms with Crippen LogP contribution in [0.2, 0.25) is 0 Å². The fourth-order valence-electron chi connectivity index (χ4n) is 2.15. The molecule has 2 aromatic rings. The maximum absolute atomic E-state index is 13.5. The standard InChI is InChI=1S/C17H20FN3O3/c1-11-6-7-12(9-13(11)18)20-17(23)16(22)19-10-14(21(2)3)15-5-4-8-24-15/h4-9,14H,10H2,1-3H3,(H,19,22)(H,20,23). The van der Waals surface area contributed by atoms with E-state index in [0.717, 1.165) is 0 Å². The summed E-state index contributed by atoms with van der Waals surface area (Å²) in [5.74, 6) is -1.41. The maximum atomic E-state index is 13.5. The molecule has 6 nitrogen and oxygen atoms in total. The zero-order chi connectivity index (χ0) is 17.7. The number of hydrogen-bond donors (Lipinski definition) is 2. The molecule has 1 atom stereocenters. The van der Waals surface area contributed by atoms with E-state index >= 15 is 0 Å². The molecule has 128 valence electrons. The largest absolute Gasteiger partial charge is 0.468 e. The monoisotopic (exact) mass is 333 g/mol. The summed E-state index contributed by atoms with van der Waals surface area (Å²) in [4.78, 5) is 25.7. The topological polar surface area (TPSA) is 74.6 Å². The summed E-state index contributed by atoms with van der Waals surface area (Å²) in [6.45, 7) is 1.82. The van der Waals surface area contributed by atoms with Crippen molar-refractivity contribution < 1.29 is 18.4 Å². The van der Waals surface area contributed by atoms with Crippen LogP contribution in [0.4, 0.5) is 10.1 Å². The van der Waals surface area contributed by atoms with Gasteiger partial charge in [0.15, 0.2) is 0 Å². The molecule has 0 saturated heterocycles. The number of likely N-dealkylation sites (N-methyl/N-ethyl adjacent to an activating group) is 1. The summed E-state index contributed by atoms with van der Waals surface area (Å²) in [6.07, 6.45) is 1.55. The number of hydrogen-bond acceptors (Lipinski definition) is 4. The number of benzene rings is 1. The normalized spacial score (nSPS) is 12.0. The number of carbonyl (C=O) groups excluding carboxylic acids is 2. The maximum Gasteiger partial charge on any atom is 0.313 e. The van der Waals surface area contributed by atoms with E-state index in [0.29, 0.717) is 11.3 Å². The number of rotatable bonds is 5. The summed E-state index contributed by atoms with van der Waals surface area (Å²) in [5.41, 5.74) is 0.693. The van der Waals surface area contributed by atoms with Crippen molar-refractivity contribution in [3.63, 3.8) is 0 Å². The molecule has 0 aliphatic carbocycles. The molecule has 0 spiro atoms. The minimum Gasteiger partial charge on any atom is -0.468 e. The molecule has 1 aromatic heterocycles. The first-order chi connectivity index (χ1) is 11.4. The minimum absolute atomic E-state index is 0.200. The Morgan fingerprint density at radius 2 is 2.00 bits per heavy atom. The van der Waals surface area contributed by atoms with Gasteiger partial charge in [-0.15, -0.1) is 0 Å². The molecule has 1 heterocycles.